The number of nitrogens with one attached hydrogen (secondary N) is 1. The summed E-state index contributed by atoms with van der Waals surface area (Å²) in [6.45, 7) is 3.09. The second-order valence-electron chi connectivity index (χ2n) is 10.5. The molecule has 0 saturated carbocycles. The van der Waals surface area contributed by atoms with Crippen LogP contribution < -0.4 is 5.32 Å². The van der Waals surface area contributed by atoms with Gasteiger partial charge < -0.3 is 24.6 Å². The number of amides is 1. The van der Waals surface area contributed by atoms with E-state index in [4.69, 9.17) is 14.2 Å². The van der Waals surface area contributed by atoms with Crippen LogP contribution >= 0.6 is 11.8 Å². The number of hydrogen-bond acceptors (Lipinski definition) is 10. The minimum atomic E-state index is -0.862. The summed E-state index contributed by atoms with van der Waals surface area (Å²) in [6.07, 6.45) is -1.17. The summed E-state index contributed by atoms with van der Waals surface area (Å²) in [6, 6.07) is 23.7. The third-order valence-corrected chi connectivity index (χ3v) is 8.33. The molecule has 0 unspecified atom stereocenters. The Morgan fingerprint density at radius 1 is 1.05 bits per heavy atom. The van der Waals surface area contributed by atoms with Gasteiger partial charge in [0.15, 0.2) is 12.4 Å². The molecule has 44 heavy (non-hydrogen) atoms. The molecule has 2 N–H and O–H groups in total. The number of aryl methyl sites for hydroxylation is 1. The highest BCUT2D eigenvalue weighted by Crippen LogP contribution is 2.40. The third-order valence-electron chi connectivity index (χ3n) is 7.19. The van der Waals surface area contributed by atoms with Crippen molar-refractivity contribution in [2.75, 3.05) is 5.75 Å². The van der Waals surface area contributed by atoms with E-state index in [2.05, 4.69) is 26.9 Å². The fourth-order valence-corrected chi connectivity index (χ4v) is 5.76. The van der Waals surface area contributed by atoms with Crippen molar-refractivity contribution >= 4 is 23.6 Å². The molecule has 12 heteroatoms. The Bertz CT molecular complexity index is 1580. The largest absolute Gasteiger partial charge is 0.453 e. The smallest absolute Gasteiger partial charge is 0.303 e. The maximum Gasteiger partial charge on any atom is 0.303 e. The molecule has 3 aromatic carbocycles. The van der Waals surface area contributed by atoms with Crippen LogP contribution in [0.25, 0.3) is 11.1 Å². The van der Waals surface area contributed by atoms with E-state index >= 15 is 0 Å². The topological polar surface area (TPSA) is 138 Å². The fourth-order valence-electron chi connectivity index (χ4n) is 4.89. The van der Waals surface area contributed by atoms with E-state index in [1.807, 2.05) is 66.7 Å². The van der Waals surface area contributed by atoms with Gasteiger partial charge in [-0.15, -0.1) is 5.10 Å². The number of aliphatic hydroxyl groups excluding tert-OH is 1. The lowest BCUT2D eigenvalue weighted by molar-refractivity contribution is -0.245. The number of aromatic nitrogens is 4. The lowest BCUT2D eigenvalue weighted by atomic mass is 9.99. The molecule has 5 rings (SSSR count). The van der Waals surface area contributed by atoms with Gasteiger partial charge in [-0.3, -0.25) is 9.59 Å². The molecule has 2 heterocycles. The molecule has 0 aliphatic carbocycles. The number of tetrazole rings is 1. The first-order valence-electron chi connectivity index (χ1n) is 14.3. The number of hydrogen-bond donors (Lipinski definition) is 2. The first kappa shape index (κ1) is 31.3. The Kier molecular flexibility index (Phi) is 10.4. The van der Waals surface area contributed by atoms with Gasteiger partial charge in [-0.2, -0.15) is 0 Å². The van der Waals surface area contributed by atoms with Crippen LogP contribution in [-0.4, -0.2) is 55.2 Å². The van der Waals surface area contributed by atoms with Crippen LogP contribution in [0.5, 0.6) is 0 Å². The Hall–Kier alpha value is -4.10. The summed E-state index contributed by atoms with van der Waals surface area (Å²) in [5.41, 5.74) is 5.58. The van der Waals surface area contributed by atoms with E-state index < -0.39 is 18.4 Å². The number of aliphatic hydroxyl groups is 1. The van der Waals surface area contributed by atoms with E-state index in [-0.39, 0.29) is 24.7 Å². The fraction of sp³-hybridized carbons (Fsp3) is 0.344. The monoisotopic (exact) mass is 617 g/mol. The summed E-state index contributed by atoms with van der Waals surface area (Å²) in [7, 11) is 1.81. The predicted molar refractivity (Wildman–Crippen MR) is 163 cm³/mol. The first-order chi connectivity index (χ1) is 21.3. The minimum absolute atomic E-state index is 0.0176. The van der Waals surface area contributed by atoms with E-state index in [1.165, 1.54) is 18.7 Å². The van der Waals surface area contributed by atoms with Crippen molar-refractivity contribution in [1.82, 2.24) is 25.5 Å². The van der Waals surface area contributed by atoms with Crippen molar-refractivity contribution in [2.45, 2.75) is 63.2 Å². The van der Waals surface area contributed by atoms with Crippen molar-refractivity contribution in [1.29, 1.82) is 0 Å². The summed E-state index contributed by atoms with van der Waals surface area (Å²) in [5.74, 6) is -0.217. The third kappa shape index (κ3) is 8.08. The SMILES string of the molecule is CC(=O)O[C@@H](C)C(=O)NCc1cccc(-c2cccc([C@H]3O[C@@H](CSc4nnnn4C)C[C@@H](c4ccc(CO)cc4)O3)c2)c1. The second kappa shape index (κ2) is 14.6. The number of ether oxygens (including phenoxy) is 3. The van der Waals surface area contributed by atoms with Crippen LogP contribution in [-0.2, 0) is 44.0 Å². The summed E-state index contributed by atoms with van der Waals surface area (Å²) in [4.78, 5) is 23.5. The van der Waals surface area contributed by atoms with Crippen LogP contribution in [0.1, 0.15) is 54.9 Å². The van der Waals surface area contributed by atoms with Gasteiger partial charge in [0, 0.05) is 38.3 Å². The minimum Gasteiger partial charge on any atom is -0.453 e. The number of rotatable bonds is 11. The lowest BCUT2D eigenvalue weighted by Crippen LogP contribution is -2.35. The first-order valence-corrected chi connectivity index (χ1v) is 15.3. The number of esters is 1. The van der Waals surface area contributed by atoms with Gasteiger partial charge in [0.1, 0.15) is 0 Å². The quantitative estimate of drug-likeness (QED) is 0.185. The van der Waals surface area contributed by atoms with Gasteiger partial charge in [0.25, 0.3) is 5.91 Å². The summed E-state index contributed by atoms with van der Waals surface area (Å²) >= 11 is 1.53. The van der Waals surface area contributed by atoms with Gasteiger partial charge in [-0.05, 0) is 57.3 Å². The van der Waals surface area contributed by atoms with Crippen LogP contribution in [0.3, 0.4) is 0 Å². The van der Waals surface area contributed by atoms with Crippen LogP contribution in [0, 0.1) is 0 Å². The van der Waals surface area contributed by atoms with Crippen molar-refractivity contribution in [3.8, 4) is 11.1 Å². The van der Waals surface area contributed by atoms with Gasteiger partial charge in [0.05, 0.1) is 18.8 Å². The van der Waals surface area contributed by atoms with Crippen molar-refractivity contribution in [2.24, 2.45) is 7.05 Å². The average Bonchev–Trinajstić information content (AvgIpc) is 3.46. The van der Waals surface area contributed by atoms with Crippen molar-refractivity contribution in [3.63, 3.8) is 0 Å². The molecule has 4 atom stereocenters. The Morgan fingerprint density at radius 2 is 1.80 bits per heavy atom. The van der Waals surface area contributed by atoms with Crippen LogP contribution in [0.2, 0.25) is 0 Å². The molecule has 4 aromatic rings. The molecule has 230 valence electrons. The molecule has 1 aromatic heterocycles. The molecule has 1 aliphatic heterocycles. The second-order valence-corrected chi connectivity index (χ2v) is 11.5. The van der Waals surface area contributed by atoms with Crippen molar-refractivity contribution < 1.29 is 28.9 Å². The number of carbonyl (C=O) groups is 2. The van der Waals surface area contributed by atoms with Crippen LogP contribution in [0.15, 0.2) is 78.0 Å². The molecule has 1 saturated heterocycles. The zero-order valence-corrected chi connectivity index (χ0v) is 25.6. The van der Waals surface area contributed by atoms with E-state index in [1.54, 1.807) is 18.7 Å². The average molecular weight is 618 g/mol. The molecule has 0 spiro atoms. The van der Waals surface area contributed by atoms with Gasteiger partial charge in [0.2, 0.25) is 5.16 Å². The molecule has 0 radical (unpaired) electrons. The maximum absolute atomic E-state index is 12.3. The standard InChI is InChI=1S/C32H35N5O6S/c1-20(41-21(2)39)30(40)33-17-23-6-4-7-25(14-23)26-8-5-9-27(15-26)31-42-28(19-44-32-34-35-36-37(32)3)16-29(43-31)24-12-10-22(18-38)11-13-24/h4-15,20,28-29,31,38H,16-19H2,1-3H3,(H,33,40)/t20-,28+,29-,31-/m0/s1. The zero-order valence-electron chi connectivity index (χ0n) is 24.8. The highest BCUT2D eigenvalue weighted by molar-refractivity contribution is 7.99. The molecular formula is C32H35N5O6S. The maximum atomic E-state index is 12.3. The highest BCUT2D eigenvalue weighted by atomic mass is 32.2. The number of carbonyl (C=O) groups excluding carboxylic acids is 2. The summed E-state index contributed by atoms with van der Waals surface area (Å²) in [5, 5.41) is 24.7. The van der Waals surface area contributed by atoms with Gasteiger partial charge in [-0.1, -0.05) is 72.4 Å². The molecule has 11 nitrogen and oxygen atoms in total. The van der Waals surface area contributed by atoms with Gasteiger partial charge >= 0.3 is 5.97 Å². The lowest BCUT2D eigenvalue weighted by Gasteiger charge is -2.36. The normalized spacial score (nSPS) is 18.9. The van der Waals surface area contributed by atoms with E-state index in [9.17, 15) is 14.7 Å². The molecule has 1 fully saturated rings. The summed E-state index contributed by atoms with van der Waals surface area (Å²) < 4.78 is 19.6. The highest BCUT2D eigenvalue weighted by Gasteiger charge is 2.32. The van der Waals surface area contributed by atoms with E-state index in [0.29, 0.717) is 23.9 Å². The molecule has 0 bridgehead atoms. The van der Waals surface area contributed by atoms with E-state index in [0.717, 1.165) is 33.4 Å². The number of nitrogens with zero attached hydrogens (tertiary/aromatic N) is 4. The Balaban J connectivity index is 1.33. The molecule has 1 amide bonds. The number of thioether (sulfide) groups is 1. The molecule has 1 aliphatic rings. The zero-order chi connectivity index (χ0) is 31.1. The van der Waals surface area contributed by atoms with Crippen LogP contribution in [0.4, 0.5) is 0 Å². The number of benzene rings is 3. The Morgan fingerprint density at radius 3 is 2.50 bits per heavy atom. The van der Waals surface area contributed by atoms with Crippen molar-refractivity contribution in [3.05, 3.63) is 95.1 Å². The van der Waals surface area contributed by atoms with Gasteiger partial charge in [-0.25, -0.2) is 4.68 Å². The predicted octanol–water partition coefficient (Wildman–Crippen LogP) is 4.27. The Labute approximate surface area is 259 Å². The molecular weight excluding hydrogens is 582 g/mol.